The maximum Gasteiger partial charge on any atom is 0.118 e. The Balaban J connectivity index is 1.98. The third kappa shape index (κ3) is 3.31. The summed E-state index contributed by atoms with van der Waals surface area (Å²) in [6.45, 7) is 4.48. The Hall–Kier alpha value is -0.840. The van der Waals surface area contributed by atoms with E-state index >= 15 is 0 Å². The zero-order chi connectivity index (χ0) is 12.4. The van der Waals surface area contributed by atoms with E-state index < -0.39 is 0 Å². The van der Waals surface area contributed by atoms with Crippen LogP contribution in [0.5, 0.6) is 0 Å². The molecule has 1 aliphatic rings. The number of likely N-dealkylation sites (tertiary alicyclic amines) is 1. The Morgan fingerprint density at radius 3 is 2.82 bits per heavy atom. The molecule has 0 aliphatic carbocycles. The SMILES string of the molecule is Cc1ccc(CN2CC(O)CC2CN(C)C)o1. The van der Waals surface area contributed by atoms with Gasteiger partial charge >= 0.3 is 0 Å². The van der Waals surface area contributed by atoms with Crippen LogP contribution in [0.4, 0.5) is 0 Å². The van der Waals surface area contributed by atoms with Crippen LogP contribution in [0.2, 0.25) is 0 Å². The van der Waals surface area contributed by atoms with Gasteiger partial charge in [0.15, 0.2) is 0 Å². The molecule has 2 unspecified atom stereocenters. The van der Waals surface area contributed by atoms with E-state index in [1.807, 2.05) is 19.1 Å². The first-order valence-electron chi connectivity index (χ1n) is 6.16. The Bertz CT molecular complexity index is 362. The van der Waals surface area contributed by atoms with Crippen LogP contribution < -0.4 is 0 Å². The number of aryl methyl sites for hydroxylation is 1. The number of rotatable bonds is 4. The maximum atomic E-state index is 9.78. The molecule has 4 heteroatoms. The van der Waals surface area contributed by atoms with Crippen molar-refractivity contribution in [2.45, 2.75) is 32.0 Å². The minimum atomic E-state index is -0.198. The minimum Gasteiger partial charge on any atom is -0.465 e. The van der Waals surface area contributed by atoms with Crippen molar-refractivity contribution in [3.8, 4) is 0 Å². The van der Waals surface area contributed by atoms with Crippen LogP contribution in [0.15, 0.2) is 16.5 Å². The standard InChI is InChI=1S/C13H22N2O2/c1-10-4-5-13(17-10)9-15-8-12(16)6-11(15)7-14(2)3/h4-5,11-12,16H,6-9H2,1-3H3. The predicted molar refractivity (Wildman–Crippen MR) is 66.8 cm³/mol. The fraction of sp³-hybridized carbons (Fsp3) is 0.692. The number of furan rings is 1. The van der Waals surface area contributed by atoms with Gasteiger partial charge in [0.1, 0.15) is 11.5 Å². The Morgan fingerprint density at radius 2 is 2.24 bits per heavy atom. The molecule has 2 heterocycles. The average Bonchev–Trinajstić information content (AvgIpc) is 2.74. The summed E-state index contributed by atoms with van der Waals surface area (Å²) < 4.78 is 5.60. The molecule has 0 spiro atoms. The molecular weight excluding hydrogens is 216 g/mol. The molecule has 1 fully saturated rings. The Labute approximate surface area is 103 Å². The van der Waals surface area contributed by atoms with Crippen LogP contribution in [0.1, 0.15) is 17.9 Å². The van der Waals surface area contributed by atoms with Gasteiger partial charge in [-0.25, -0.2) is 0 Å². The zero-order valence-electron chi connectivity index (χ0n) is 10.9. The first-order valence-corrected chi connectivity index (χ1v) is 6.16. The van der Waals surface area contributed by atoms with E-state index in [0.29, 0.717) is 6.04 Å². The fourth-order valence-electron chi connectivity index (χ4n) is 2.53. The molecular formula is C13H22N2O2. The summed E-state index contributed by atoms with van der Waals surface area (Å²) in [5.74, 6) is 1.93. The van der Waals surface area contributed by atoms with E-state index in [4.69, 9.17) is 4.42 Å². The molecule has 96 valence electrons. The highest BCUT2D eigenvalue weighted by Gasteiger charge is 2.31. The molecule has 1 aliphatic heterocycles. The van der Waals surface area contributed by atoms with Crippen molar-refractivity contribution in [1.29, 1.82) is 0 Å². The van der Waals surface area contributed by atoms with Crippen molar-refractivity contribution in [2.75, 3.05) is 27.2 Å². The van der Waals surface area contributed by atoms with Gasteiger partial charge in [-0.2, -0.15) is 0 Å². The maximum absolute atomic E-state index is 9.78. The molecule has 1 aromatic heterocycles. The minimum absolute atomic E-state index is 0.198. The van der Waals surface area contributed by atoms with Crippen molar-refractivity contribution < 1.29 is 9.52 Å². The molecule has 0 radical (unpaired) electrons. The summed E-state index contributed by atoms with van der Waals surface area (Å²) in [7, 11) is 4.14. The third-order valence-electron chi connectivity index (χ3n) is 3.24. The lowest BCUT2D eigenvalue weighted by Crippen LogP contribution is -2.37. The van der Waals surface area contributed by atoms with Crippen molar-refractivity contribution in [3.63, 3.8) is 0 Å². The highest BCUT2D eigenvalue weighted by atomic mass is 16.3. The van der Waals surface area contributed by atoms with E-state index in [1.54, 1.807) is 0 Å². The van der Waals surface area contributed by atoms with Crippen LogP contribution in [0.25, 0.3) is 0 Å². The molecule has 2 atom stereocenters. The molecule has 1 aromatic rings. The van der Waals surface area contributed by atoms with Crippen LogP contribution in [0.3, 0.4) is 0 Å². The van der Waals surface area contributed by atoms with E-state index in [9.17, 15) is 5.11 Å². The summed E-state index contributed by atoms with van der Waals surface area (Å²) >= 11 is 0. The van der Waals surface area contributed by atoms with Gasteiger partial charge < -0.3 is 14.4 Å². The molecule has 1 saturated heterocycles. The smallest absolute Gasteiger partial charge is 0.118 e. The topological polar surface area (TPSA) is 39.9 Å². The van der Waals surface area contributed by atoms with Gasteiger partial charge in [-0.15, -0.1) is 0 Å². The number of hydrogen-bond donors (Lipinski definition) is 1. The highest BCUT2D eigenvalue weighted by molar-refractivity contribution is 5.06. The van der Waals surface area contributed by atoms with E-state index in [0.717, 1.165) is 37.6 Å². The lowest BCUT2D eigenvalue weighted by molar-refractivity contribution is 0.163. The molecule has 0 bridgehead atoms. The molecule has 0 saturated carbocycles. The van der Waals surface area contributed by atoms with Crippen molar-refractivity contribution in [2.24, 2.45) is 0 Å². The zero-order valence-corrected chi connectivity index (χ0v) is 10.9. The van der Waals surface area contributed by atoms with E-state index in [-0.39, 0.29) is 6.10 Å². The van der Waals surface area contributed by atoms with Crippen LogP contribution in [0, 0.1) is 6.92 Å². The summed E-state index contributed by atoms with van der Waals surface area (Å²) in [5.41, 5.74) is 0. The summed E-state index contributed by atoms with van der Waals surface area (Å²) in [4.78, 5) is 4.48. The Morgan fingerprint density at radius 1 is 1.47 bits per heavy atom. The van der Waals surface area contributed by atoms with E-state index in [2.05, 4.69) is 23.9 Å². The second kappa shape index (κ2) is 5.21. The van der Waals surface area contributed by atoms with Crippen LogP contribution in [-0.4, -0.2) is 54.2 Å². The summed E-state index contributed by atoms with van der Waals surface area (Å²) in [6, 6.07) is 4.43. The highest BCUT2D eigenvalue weighted by Crippen LogP contribution is 2.21. The second-order valence-corrected chi connectivity index (χ2v) is 5.25. The number of β-amino-alcohol motifs (C(OH)–C–C–N with tert-alkyl or cyclic N) is 1. The lowest BCUT2D eigenvalue weighted by atomic mass is 10.2. The van der Waals surface area contributed by atoms with Gasteiger partial charge in [-0.05, 0) is 39.6 Å². The first-order chi connectivity index (χ1) is 8.04. The normalized spacial score (nSPS) is 25.9. The largest absolute Gasteiger partial charge is 0.465 e. The predicted octanol–water partition coefficient (Wildman–Crippen LogP) is 1.08. The number of aliphatic hydroxyl groups is 1. The van der Waals surface area contributed by atoms with Crippen LogP contribution in [-0.2, 0) is 6.54 Å². The van der Waals surface area contributed by atoms with Gasteiger partial charge in [-0.3, -0.25) is 4.90 Å². The molecule has 17 heavy (non-hydrogen) atoms. The van der Waals surface area contributed by atoms with Crippen molar-refractivity contribution in [1.82, 2.24) is 9.80 Å². The molecule has 1 N–H and O–H groups in total. The van der Waals surface area contributed by atoms with Crippen molar-refractivity contribution >= 4 is 0 Å². The number of nitrogens with zero attached hydrogens (tertiary/aromatic N) is 2. The first kappa shape index (κ1) is 12.6. The van der Waals surface area contributed by atoms with Gasteiger partial charge in [0.25, 0.3) is 0 Å². The fourth-order valence-corrected chi connectivity index (χ4v) is 2.53. The molecule has 2 rings (SSSR count). The van der Waals surface area contributed by atoms with Gasteiger partial charge in [0.2, 0.25) is 0 Å². The van der Waals surface area contributed by atoms with Crippen molar-refractivity contribution in [3.05, 3.63) is 23.7 Å². The Kier molecular flexibility index (Phi) is 3.86. The number of aliphatic hydroxyl groups excluding tert-OH is 1. The third-order valence-corrected chi connectivity index (χ3v) is 3.24. The van der Waals surface area contributed by atoms with Gasteiger partial charge in [0.05, 0.1) is 12.6 Å². The monoisotopic (exact) mass is 238 g/mol. The van der Waals surface area contributed by atoms with Gasteiger partial charge in [0, 0.05) is 19.1 Å². The number of hydrogen-bond acceptors (Lipinski definition) is 4. The van der Waals surface area contributed by atoms with Gasteiger partial charge in [-0.1, -0.05) is 0 Å². The van der Waals surface area contributed by atoms with Crippen LogP contribution >= 0.6 is 0 Å². The average molecular weight is 238 g/mol. The quantitative estimate of drug-likeness (QED) is 0.852. The van der Waals surface area contributed by atoms with E-state index in [1.165, 1.54) is 0 Å². The lowest BCUT2D eigenvalue weighted by Gasteiger charge is -2.25. The summed E-state index contributed by atoms with van der Waals surface area (Å²) in [6.07, 6.45) is 0.661. The molecule has 0 aromatic carbocycles. The summed E-state index contributed by atoms with van der Waals surface area (Å²) in [5, 5.41) is 9.78. The molecule has 0 amide bonds. The number of likely N-dealkylation sites (N-methyl/N-ethyl adjacent to an activating group) is 1. The second-order valence-electron chi connectivity index (χ2n) is 5.25. The molecule has 4 nitrogen and oxygen atoms in total.